The number of benzene rings is 1. The summed E-state index contributed by atoms with van der Waals surface area (Å²) in [4.78, 5) is 0. The molecule has 96 valence electrons. The Bertz CT molecular complexity index is 497. The summed E-state index contributed by atoms with van der Waals surface area (Å²) in [5.41, 5.74) is 0.914. The Labute approximate surface area is 106 Å². The first kappa shape index (κ1) is 12.5. The van der Waals surface area contributed by atoms with E-state index in [2.05, 4.69) is 20.8 Å². The molecule has 0 aliphatic rings. The van der Waals surface area contributed by atoms with E-state index in [1.807, 2.05) is 38.2 Å². The number of rotatable bonds is 6. The van der Waals surface area contributed by atoms with Crippen molar-refractivity contribution in [2.45, 2.75) is 13.3 Å². The molecule has 1 heterocycles. The molecule has 1 aromatic carbocycles. The van der Waals surface area contributed by atoms with Crippen molar-refractivity contribution in [1.29, 1.82) is 0 Å². The molecule has 1 N–H and O–H groups in total. The van der Waals surface area contributed by atoms with Gasteiger partial charge >= 0.3 is 0 Å². The molecule has 0 saturated heterocycles. The van der Waals surface area contributed by atoms with Crippen LogP contribution in [0.5, 0.6) is 5.75 Å². The van der Waals surface area contributed by atoms with Crippen molar-refractivity contribution in [2.75, 3.05) is 20.2 Å². The zero-order chi connectivity index (χ0) is 12.8. The fraction of sp³-hybridized carbons (Fsp3) is 0.417. The van der Waals surface area contributed by atoms with E-state index in [0.717, 1.165) is 30.2 Å². The number of nitrogens with one attached hydrogen (secondary N) is 1. The summed E-state index contributed by atoms with van der Waals surface area (Å²) in [6.07, 6.45) is 0.780. The maximum absolute atomic E-state index is 5.47. The molecule has 0 atom stereocenters. The number of hydrogen-bond acceptors (Lipinski definition) is 5. The normalized spacial score (nSPS) is 10.6. The van der Waals surface area contributed by atoms with Crippen molar-refractivity contribution in [3.05, 3.63) is 30.1 Å². The molecule has 0 bridgehead atoms. The highest BCUT2D eigenvalue weighted by molar-refractivity contribution is 5.38. The van der Waals surface area contributed by atoms with Gasteiger partial charge in [0.05, 0.1) is 12.3 Å². The average molecular weight is 247 g/mol. The third kappa shape index (κ3) is 2.84. The Morgan fingerprint density at radius 1 is 1.39 bits per heavy atom. The SMILES string of the molecule is CCOc1cccc(-n2nnnc2CCNC)c1. The molecule has 18 heavy (non-hydrogen) atoms. The molecule has 0 fully saturated rings. The molecule has 6 nitrogen and oxygen atoms in total. The van der Waals surface area contributed by atoms with Gasteiger partial charge in [-0.2, -0.15) is 4.68 Å². The summed E-state index contributed by atoms with van der Waals surface area (Å²) < 4.78 is 7.21. The summed E-state index contributed by atoms with van der Waals surface area (Å²) in [6, 6.07) is 7.75. The fourth-order valence-electron chi connectivity index (χ4n) is 1.67. The van der Waals surface area contributed by atoms with Crippen LogP contribution in [0, 0.1) is 0 Å². The second-order valence-corrected chi connectivity index (χ2v) is 3.79. The molecule has 0 amide bonds. The molecule has 0 unspecified atom stereocenters. The van der Waals surface area contributed by atoms with Crippen molar-refractivity contribution < 1.29 is 4.74 Å². The van der Waals surface area contributed by atoms with Crippen molar-refractivity contribution >= 4 is 0 Å². The van der Waals surface area contributed by atoms with Gasteiger partial charge in [-0.1, -0.05) is 6.07 Å². The van der Waals surface area contributed by atoms with Crippen molar-refractivity contribution in [1.82, 2.24) is 25.5 Å². The largest absolute Gasteiger partial charge is 0.494 e. The Kier molecular flexibility index (Phi) is 4.25. The second kappa shape index (κ2) is 6.11. The number of nitrogens with zero attached hydrogens (tertiary/aromatic N) is 4. The molecule has 0 radical (unpaired) electrons. The minimum atomic E-state index is 0.645. The van der Waals surface area contributed by atoms with Gasteiger partial charge in [0.2, 0.25) is 0 Å². The first-order valence-corrected chi connectivity index (χ1v) is 6.00. The van der Waals surface area contributed by atoms with Crippen LogP contribution < -0.4 is 10.1 Å². The third-order valence-electron chi connectivity index (χ3n) is 2.51. The van der Waals surface area contributed by atoms with Crippen LogP contribution >= 0.6 is 0 Å². The van der Waals surface area contributed by atoms with E-state index in [9.17, 15) is 0 Å². The lowest BCUT2D eigenvalue weighted by Crippen LogP contribution is -2.14. The topological polar surface area (TPSA) is 64.9 Å². The molecular formula is C12H17N5O. The monoisotopic (exact) mass is 247 g/mol. The number of hydrogen-bond donors (Lipinski definition) is 1. The Hall–Kier alpha value is -1.95. The molecule has 0 aliphatic heterocycles. The van der Waals surface area contributed by atoms with E-state index < -0.39 is 0 Å². The average Bonchev–Trinajstić information content (AvgIpc) is 2.85. The zero-order valence-corrected chi connectivity index (χ0v) is 10.6. The number of tetrazole rings is 1. The van der Waals surface area contributed by atoms with Gasteiger partial charge in [-0.3, -0.25) is 0 Å². The minimum absolute atomic E-state index is 0.645. The second-order valence-electron chi connectivity index (χ2n) is 3.79. The number of ether oxygens (including phenoxy) is 1. The Morgan fingerprint density at radius 2 is 2.28 bits per heavy atom. The minimum Gasteiger partial charge on any atom is -0.494 e. The molecular weight excluding hydrogens is 230 g/mol. The third-order valence-corrected chi connectivity index (χ3v) is 2.51. The van der Waals surface area contributed by atoms with Crippen LogP contribution in [0.15, 0.2) is 24.3 Å². The molecule has 0 aliphatic carbocycles. The fourth-order valence-corrected chi connectivity index (χ4v) is 1.67. The molecule has 0 saturated carbocycles. The van der Waals surface area contributed by atoms with E-state index in [1.165, 1.54) is 0 Å². The lowest BCUT2D eigenvalue weighted by Gasteiger charge is -2.07. The first-order valence-electron chi connectivity index (χ1n) is 6.00. The lowest BCUT2D eigenvalue weighted by molar-refractivity contribution is 0.340. The highest BCUT2D eigenvalue weighted by atomic mass is 16.5. The van der Waals surface area contributed by atoms with E-state index in [-0.39, 0.29) is 0 Å². The lowest BCUT2D eigenvalue weighted by atomic mass is 10.3. The maximum Gasteiger partial charge on any atom is 0.157 e. The summed E-state index contributed by atoms with van der Waals surface area (Å²) in [5, 5.41) is 14.8. The van der Waals surface area contributed by atoms with Crippen molar-refractivity contribution in [2.24, 2.45) is 0 Å². The van der Waals surface area contributed by atoms with E-state index in [1.54, 1.807) is 4.68 Å². The van der Waals surface area contributed by atoms with Crippen molar-refractivity contribution in [3.63, 3.8) is 0 Å². The summed E-state index contributed by atoms with van der Waals surface area (Å²) in [7, 11) is 1.91. The van der Waals surface area contributed by atoms with Crippen LogP contribution in [-0.2, 0) is 6.42 Å². The van der Waals surface area contributed by atoms with Gasteiger partial charge < -0.3 is 10.1 Å². The highest BCUT2D eigenvalue weighted by Crippen LogP contribution is 2.16. The van der Waals surface area contributed by atoms with Crippen LogP contribution in [0.25, 0.3) is 5.69 Å². The van der Waals surface area contributed by atoms with Gasteiger partial charge in [0.15, 0.2) is 5.82 Å². The first-order chi connectivity index (χ1) is 8.85. The molecule has 2 aromatic rings. The van der Waals surface area contributed by atoms with E-state index in [0.29, 0.717) is 6.61 Å². The summed E-state index contributed by atoms with van der Waals surface area (Å²) in [6.45, 7) is 3.44. The van der Waals surface area contributed by atoms with Crippen LogP contribution in [0.3, 0.4) is 0 Å². The summed E-state index contributed by atoms with van der Waals surface area (Å²) in [5.74, 6) is 1.66. The van der Waals surface area contributed by atoms with Crippen LogP contribution in [0.2, 0.25) is 0 Å². The van der Waals surface area contributed by atoms with Gasteiger partial charge in [0, 0.05) is 19.0 Å². The standard InChI is InChI=1S/C12H17N5O/c1-3-18-11-6-4-5-10(9-11)17-12(7-8-13-2)14-15-16-17/h4-6,9,13H,3,7-8H2,1-2H3. The Morgan fingerprint density at radius 3 is 3.06 bits per heavy atom. The molecule has 6 heteroatoms. The van der Waals surface area contributed by atoms with Gasteiger partial charge in [-0.15, -0.1) is 5.10 Å². The van der Waals surface area contributed by atoms with Gasteiger partial charge in [-0.05, 0) is 36.5 Å². The smallest absolute Gasteiger partial charge is 0.157 e. The molecule has 2 rings (SSSR count). The summed E-state index contributed by atoms with van der Waals surface area (Å²) >= 11 is 0. The van der Waals surface area contributed by atoms with E-state index in [4.69, 9.17) is 4.74 Å². The molecule has 0 spiro atoms. The van der Waals surface area contributed by atoms with Gasteiger partial charge in [0.25, 0.3) is 0 Å². The number of likely N-dealkylation sites (N-methyl/N-ethyl adjacent to an activating group) is 1. The maximum atomic E-state index is 5.47. The van der Waals surface area contributed by atoms with E-state index >= 15 is 0 Å². The van der Waals surface area contributed by atoms with Crippen LogP contribution in [0.1, 0.15) is 12.7 Å². The van der Waals surface area contributed by atoms with Gasteiger partial charge in [0.1, 0.15) is 5.75 Å². The van der Waals surface area contributed by atoms with Gasteiger partial charge in [-0.25, -0.2) is 0 Å². The Balaban J connectivity index is 2.24. The zero-order valence-electron chi connectivity index (χ0n) is 10.6. The van der Waals surface area contributed by atoms with Crippen LogP contribution in [0.4, 0.5) is 0 Å². The highest BCUT2D eigenvalue weighted by Gasteiger charge is 2.08. The predicted octanol–water partition coefficient (Wildman–Crippen LogP) is 0.823. The quantitative estimate of drug-likeness (QED) is 0.818. The van der Waals surface area contributed by atoms with Crippen molar-refractivity contribution in [3.8, 4) is 11.4 Å². The molecule has 1 aromatic heterocycles. The van der Waals surface area contributed by atoms with Crippen LogP contribution in [-0.4, -0.2) is 40.4 Å². The predicted molar refractivity (Wildman–Crippen MR) is 68.0 cm³/mol. The number of aromatic nitrogens is 4.